The predicted molar refractivity (Wildman–Crippen MR) is 91.6 cm³/mol. The molecule has 0 unspecified atom stereocenters. The molecule has 1 aliphatic carbocycles. The fourth-order valence-electron chi connectivity index (χ4n) is 2.80. The van der Waals surface area contributed by atoms with Gasteiger partial charge in [-0.25, -0.2) is 4.98 Å². The van der Waals surface area contributed by atoms with E-state index >= 15 is 0 Å². The number of rotatable bonds is 6. The van der Waals surface area contributed by atoms with E-state index in [4.69, 9.17) is 11.5 Å². The number of carbonyl (C=O) groups is 2. The minimum atomic E-state index is -0.552. The third-order valence-electron chi connectivity index (χ3n) is 3.86. The van der Waals surface area contributed by atoms with E-state index in [-0.39, 0.29) is 22.5 Å². The van der Waals surface area contributed by atoms with Gasteiger partial charge in [-0.05, 0) is 12.1 Å². The van der Waals surface area contributed by atoms with Gasteiger partial charge in [-0.3, -0.25) is 9.59 Å². The van der Waals surface area contributed by atoms with Gasteiger partial charge in [-0.1, -0.05) is 0 Å². The number of benzene rings is 1. The number of ketones is 2. The Balaban J connectivity index is 2.22. The summed E-state index contributed by atoms with van der Waals surface area (Å²) in [5.41, 5.74) is 11.9. The maximum atomic E-state index is 12.9. The van der Waals surface area contributed by atoms with Crippen molar-refractivity contribution in [2.75, 3.05) is 36.8 Å². The maximum Gasteiger partial charge on any atom is 0.295 e. The summed E-state index contributed by atoms with van der Waals surface area (Å²) in [5.74, 6) is -1.03. The van der Waals surface area contributed by atoms with E-state index in [9.17, 15) is 14.8 Å². The van der Waals surface area contributed by atoms with Crippen LogP contribution in [0.25, 0.3) is 0 Å². The van der Waals surface area contributed by atoms with Crippen LogP contribution in [-0.2, 0) is 0 Å². The molecule has 130 valence electrons. The van der Waals surface area contributed by atoms with Crippen LogP contribution in [0, 0.1) is 5.21 Å². The Hall–Kier alpha value is -3.04. The minimum Gasteiger partial charge on any atom is -0.618 e. The zero-order chi connectivity index (χ0) is 18.0. The van der Waals surface area contributed by atoms with Gasteiger partial charge in [-0.2, -0.15) is 4.73 Å². The number of hydrogen-bond acceptors (Lipinski definition) is 8. The van der Waals surface area contributed by atoms with Crippen LogP contribution in [0.4, 0.5) is 11.4 Å². The SMILES string of the molecule is NCCNc1ccc(NCCN)c2c1C(=O)c1ncc[n+]([O-])c1C2=O. The molecule has 6 N–H and O–H groups in total. The van der Waals surface area contributed by atoms with Crippen molar-refractivity contribution in [3.05, 3.63) is 52.2 Å². The Bertz CT molecular complexity index is 852. The quantitative estimate of drug-likeness (QED) is 0.337. The number of carbonyl (C=O) groups excluding carboxylic acids is 2. The zero-order valence-corrected chi connectivity index (χ0v) is 13.4. The van der Waals surface area contributed by atoms with Crippen molar-refractivity contribution >= 4 is 22.9 Å². The van der Waals surface area contributed by atoms with Crippen molar-refractivity contribution in [3.63, 3.8) is 0 Å². The van der Waals surface area contributed by atoms with Crippen LogP contribution in [0.3, 0.4) is 0 Å². The Morgan fingerprint density at radius 1 is 1.00 bits per heavy atom. The lowest BCUT2D eigenvalue weighted by Crippen LogP contribution is -2.41. The van der Waals surface area contributed by atoms with E-state index in [2.05, 4.69) is 15.6 Å². The number of anilines is 2. The molecule has 25 heavy (non-hydrogen) atoms. The summed E-state index contributed by atoms with van der Waals surface area (Å²) in [5, 5.41) is 18.1. The number of nitrogens with zero attached hydrogens (tertiary/aromatic N) is 2. The highest BCUT2D eigenvalue weighted by Crippen LogP contribution is 2.34. The number of nitrogens with one attached hydrogen (secondary N) is 2. The predicted octanol–water partition coefficient (Wildman–Crippen LogP) is -0.768. The molecule has 0 amide bonds. The van der Waals surface area contributed by atoms with Gasteiger partial charge in [0.1, 0.15) is 0 Å². The first-order valence-electron chi connectivity index (χ1n) is 7.82. The molecule has 3 rings (SSSR count). The molecular weight excluding hydrogens is 324 g/mol. The average molecular weight is 342 g/mol. The third-order valence-corrected chi connectivity index (χ3v) is 3.86. The van der Waals surface area contributed by atoms with E-state index in [0.29, 0.717) is 42.3 Å². The fourth-order valence-corrected chi connectivity index (χ4v) is 2.80. The maximum absolute atomic E-state index is 12.9. The van der Waals surface area contributed by atoms with Crippen molar-refractivity contribution < 1.29 is 14.3 Å². The van der Waals surface area contributed by atoms with E-state index < -0.39 is 11.6 Å². The van der Waals surface area contributed by atoms with Crippen LogP contribution >= 0.6 is 0 Å². The summed E-state index contributed by atoms with van der Waals surface area (Å²) in [6.07, 6.45) is 2.30. The Morgan fingerprint density at radius 3 is 2.12 bits per heavy atom. The topological polar surface area (TPSA) is 150 Å². The number of hydrogen-bond donors (Lipinski definition) is 4. The van der Waals surface area contributed by atoms with Gasteiger partial charge in [0, 0.05) is 37.6 Å². The van der Waals surface area contributed by atoms with Gasteiger partial charge in [0.15, 0.2) is 11.9 Å². The zero-order valence-electron chi connectivity index (χ0n) is 13.4. The second-order valence-electron chi connectivity index (χ2n) is 5.45. The highest BCUT2D eigenvalue weighted by Gasteiger charge is 2.40. The summed E-state index contributed by atoms with van der Waals surface area (Å²) < 4.78 is 0.373. The minimum absolute atomic E-state index is 0.144. The largest absolute Gasteiger partial charge is 0.618 e. The lowest BCUT2D eigenvalue weighted by atomic mass is 9.87. The third kappa shape index (κ3) is 2.79. The van der Waals surface area contributed by atoms with Gasteiger partial charge in [0.25, 0.3) is 11.5 Å². The van der Waals surface area contributed by atoms with E-state index in [1.54, 1.807) is 12.1 Å². The van der Waals surface area contributed by atoms with Crippen molar-refractivity contribution in [2.24, 2.45) is 11.5 Å². The molecule has 1 aliphatic rings. The fraction of sp³-hybridized carbons (Fsp3) is 0.250. The molecule has 9 heteroatoms. The second-order valence-corrected chi connectivity index (χ2v) is 5.45. The van der Waals surface area contributed by atoms with Crippen LogP contribution in [-0.4, -0.2) is 42.7 Å². The lowest BCUT2D eigenvalue weighted by Gasteiger charge is -2.22. The number of nitrogens with two attached hydrogens (primary N) is 2. The van der Waals surface area contributed by atoms with Crippen molar-refractivity contribution in [2.45, 2.75) is 0 Å². The van der Waals surface area contributed by atoms with Crippen molar-refractivity contribution in [3.8, 4) is 0 Å². The Labute approximate surface area is 143 Å². The molecule has 0 bridgehead atoms. The standard InChI is InChI=1S/C16H18N6O3/c17-3-5-19-9-1-2-10(20-6-4-18)12-11(9)15(23)13-14(16(12)24)22(25)8-7-21-13/h1-2,7-8,19-20H,3-6,17-18H2. The van der Waals surface area contributed by atoms with Crippen LogP contribution in [0.15, 0.2) is 24.5 Å². The number of aromatic nitrogens is 2. The van der Waals surface area contributed by atoms with E-state index in [1.807, 2.05) is 0 Å². The van der Waals surface area contributed by atoms with Gasteiger partial charge in [0.05, 0.1) is 17.3 Å². The summed E-state index contributed by atoms with van der Waals surface area (Å²) in [7, 11) is 0. The Morgan fingerprint density at radius 2 is 1.56 bits per heavy atom. The molecule has 0 fully saturated rings. The summed E-state index contributed by atoms with van der Waals surface area (Å²) in [4.78, 5) is 29.8. The van der Waals surface area contributed by atoms with Gasteiger partial charge < -0.3 is 27.3 Å². The molecule has 9 nitrogen and oxygen atoms in total. The lowest BCUT2D eigenvalue weighted by molar-refractivity contribution is -0.608. The molecule has 1 aromatic carbocycles. The molecule has 0 atom stereocenters. The number of fused-ring (bicyclic) bond motifs is 2. The summed E-state index contributed by atoms with van der Waals surface area (Å²) in [6, 6.07) is 3.37. The van der Waals surface area contributed by atoms with Gasteiger partial charge in [-0.15, -0.1) is 0 Å². The monoisotopic (exact) mass is 342 g/mol. The highest BCUT2D eigenvalue weighted by atomic mass is 16.5. The van der Waals surface area contributed by atoms with E-state index in [1.165, 1.54) is 6.20 Å². The van der Waals surface area contributed by atoms with Crippen LogP contribution in [0.2, 0.25) is 0 Å². The molecule has 0 radical (unpaired) electrons. The molecular formula is C16H18N6O3. The first-order valence-corrected chi connectivity index (χ1v) is 7.82. The van der Waals surface area contributed by atoms with Crippen molar-refractivity contribution in [1.29, 1.82) is 0 Å². The Kier molecular flexibility index (Phi) is 4.59. The molecule has 0 saturated carbocycles. The molecule has 0 saturated heterocycles. The van der Waals surface area contributed by atoms with Crippen molar-refractivity contribution in [1.82, 2.24) is 4.98 Å². The van der Waals surface area contributed by atoms with Crippen LogP contribution in [0.1, 0.15) is 32.1 Å². The molecule has 1 heterocycles. The second kappa shape index (κ2) is 6.83. The summed E-state index contributed by atoms with van der Waals surface area (Å²) >= 11 is 0. The smallest absolute Gasteiger partial charge is 0.295 e. The van der Waals surface area contributed by atoms with Gasteiger partial charge in [0.2, 0.25) is 5.78 Å². The first kappa shape index (κ1) is 16.8. The van der Waals surface area contributed by atoms with Gasteiger partial charge >= 0.3 is 0 Å². The molecule has 0 spiro atoms. The molecule has 1 aromatic heterocycles. The first-order chi connectivity index (χ1) is 12.1. The molecule has 0 aliphatic heterocycles. The van der Waals surface area contributed by atoms with Crippen LogP contribution in [0.5, 0.6) is 0 Å². The van der Waals surface area contributed by atoms with E-state index in [0.717, 1.165) is 6.20 Å². The summed E-state index contributed by atoms with van der Waals surface area (Å²) in [6.45, 7) is 1.56. The molecule has 2 aromatic rings. The van der Waals surface area contributed by atoms with Crippen LogP contribution < -0.4 is 26.8 Å². The average Bonchev–Trinajstić information content (AvgIpc) is 2.62. The normalized spacial score (nSPS) is 12.6. The highest BCUT2D eigenvalue weighted by molar-refractivity contribution is 6.30.